The fraction of sp³-hybridized carbons (Fsp3) is 0.571. The Labute approximate surface area is 126 Å². The summed E-state index contributed by atoms with van der Waals surface area (Å²) in [5.41, 5.74) is 5.61. The normalized spacial score (nSPS) is 17.8. The Bertz CT molecular complexity index is 514. The summed E-state index contributed by atoms with van der Waals surface area (Å²) >= 11 is 0. The van der Waals surface area contributed by atoms with Crippen LogP contribution < -0.4 is 15.2 Å². The van der Waals surface area contributed by atoms with E-state index in [1.54, 1.807) is 0 Å². The lowest BCUT2D eigenvalue weighted by atomic mass is 9.99. The maximum Gasteiger partial charge on any atom is 0.279 e. The van der Waals surface area contributed by atoms with Crippen LogP contribution in [-0.2, 0) is 10.2 Å². The van der Waals surface area contributed by atoms with Crippen LogP contribution in [0.2, 0.25) is 0 Å². The quantitative estimate of drug-likeness (QED) is 0.721. The van der Waals surface area contributed by atoms with Crippen LogP contribution in [0.3, 0.4) is 0 Å². The van der Waals surface area contributed by atoms with Gasteiger partial charge < -0.3 is 10.5 Å². The van der Waals surface area contributed by atoms with E-state index in [9.17, 15) is 8.42 Å². The lowest BCUT2D eigenvalue weighted by Gasteiger charge is -2.30. The van der Waals surface area contributed by atoms with E-state index in [-0.39, 0.29) is 6.54 Å². The van der Waals surface area contributed by atoms with E-state index in [1.807, 2.05) is 30.3 Å². The molecule has 21 heavy (non-hydrogen) atoms. The number of piperidine rings is 1. The third kappa shape index (κ3) is 4.96. The fourth-order valence-corrected chi connectivity index (χ4v) is 3.55. The topological polar surface area (TPSA) is 84.7 Å². The molecule has 1 aliphatic rings. The number of benzene rings is 1. The van der Waals surface area contributed by atoms with Crippen molar-refractivity contribution in [2.45, 2.75) is 12.8 Å². The lowest BCUT2D eigenvalue weighted by Crippen LogP contribution is -2.46. The average Bonchev–Trinajstić information content (AvgIpc) is 2.53. The van der Waals surface area contributed by atoms with Crippen molar-refractivity contribution < 1.29 is 13.2 Å². The summed E-state index contributed by atoms with van der Waals surface area (Å²) in [5.74, 6) is 1.18. The second-order valence-corrected chi connectivity index (χ2v) is 6.89. The zero-order chi connectivity index (χ0) is 15.1. The van der Waals surface area contributed by atoms with Crippen molar-refractivity contribution in [3.63, 3.8) is 0 Å². The molecule has 6 nitrogen and oxygen atoms in total. The molecular weight excluding hydrogens is 290 g/mol. The van der Waals surface area contributed by atoms with E-state index >= 15 is 0 Å². The summed E-state index contributed by atoms with van der Waals surface area (Å²) in [6, 6.07) is 9.33. The minimum absolute atomic E-state index is 0.258. The van der Waals surface area contributed by atoms with E-state index < -0.39 is 10.2 Å². The molecule has 0 aromatic heterocycles. The van der Waals surface area contributed by atoms with Crippen molar-refractivity contribution in [1.82, 2.24) is 9.03 Å². The van der Waals surface area contributed by atoms with Crippen LogP contribution in [0.5, 0.6) is 5.75 Å². The fourth-order valence-electron chi connectivity index (χ4n) is 2.33. The van der Waals surface area contributed by atoms with E-state index in [1.165, 1.54) is 4.31 Å². The molecule has 1 aromatic carbocycles. The molecule has 0 aliphatic carbocycles. The first-order valence-corrected chi connectivity index (χ1v) is 8.68. The number of nitrogens with one attached hydrogen (secondary N) is 1. The largest absolute Gasteiger partial charge is 0.492 e. The summed E-state index contributed by atoms with van der Waals surface area (Å²) in [5, 5.41) is 0. The molecule has 2 rings (SSSR count). The maximum atomic E-state index is 12.1. The number of para-hydroxylation sites is 1. The first kappa shape index (κ1) is 16.2. The van der Waals surface area contributed by atoms with Crippen molar-refractivity contribution >= 4 is 10.2 Å². The van der Waals surface area contributed by atoms with E-state index in [4.69, 9.17) is 10.5 Å². The highest BCUT2D eigenvalue weighted by atomic mass is 32.2. The van der Waals surface area contributed by atoms with Gasteiger partial charge in [-0.15, -0.1) is 0 Å². The first-order chi connectivity index (χ1) is 10.1. The molecule has 0 bridgehead atoms. The van der Waals surface area contributed by atoms with Crippen molar-refractivity contribution in [2.75, 3.05) is 32.8 Å². The monoisotopic (exact) mass is 313 g/mol. The molecule has 0 saturated carbocycles. The number of hydrogen-bond acceptors (Lipinski definition) is 4. The molecule has 3 N–H and O–H groups in total. The van der Waals surface area contributed by atoms with E-state index in [2.05, 4.69) is 4.72 Å². The predicted molar refractivity (Wildman–Crippen MR) is 82.2 cm³/mol. The molecule has 0 spiro atoms. The van der Waals surface area contributed by atoms with Crippen molar-refractivity contribution in [1.29, 1.82) is 0 Å². The van der Waals surface area contributed by atoms with E-state index in [0.29, 0.717) is 32.2 Å². The van der Waals surface area contributed by atoms with Gasteiger partial charge in [-0.3, -0.25) is 0 Å². The molecule has 0 atom stereocenters. The molecule has 118 valence electrons. The van der Waals surface area contributed by atoms with Gasteiger partial charge >= 0.3 is 0 Å². The van der Waals surface area contributed by atoms with Crippen LogP contribution in [0.25, 0.3) is 0 Å². The molecular formula is C14H23N3O3S. The van der Waals surface area contributed by atoms with Gasteiger partial charge in [0.25, 0.3) is 10.2 Å². The first-order valence-electron chi connectivity index (χ1n) is 7.24. The van der Waals surface area contributed by atoms with Crippen LogP contribution in [-0.4, -0.2) is 45.5 Å². The van der Waals surface area contributed by atoms with Gasteiger partial charge in [0.2, 0.25) is 0 Å². The molecule has 7 heteroatoms. The summed E-state index contributed by atoms with van der Waals surface area (Å²) in [7, 11) is -3.41. The highest BCUT2D eigenvalue weighted by Gasteiger charge is 2.26. The second kappa shape index (κ2) is 7.74. The van der Waals surface area contributed by atoms with Crippen LogP contribution in [0.15, 0.2) is 30.3 Å². The molecule has 1 saturated heterocycles. The third-order valence-corrected chi connectivity index (χ3v) is 5.26. The van der Waals surface area contributed by atoms with E-state index in [0.717, 1.165) is 18.6 Å². The van der Waals surface area contributed by atoms with Crippen molar-refractivity contribution in [2.24, 2.45) is 11.7 Å². The molecule has 1 aromatic rings. The molecule has 1 heterocycles. The maximum absolute atomic E-state index is 12.1. The smallest absolute Gasteiger partial charge is 0.279 e. The Kier molecular flexibility index (Phi) is 5.98. The average molecular weight is 313 g/mol. The lowest BCUT2D eigenvalue weighted by molar-refractivity contribution is 0.273. The summed E-state index contributed by atoms with van der Waals surface area (Å²) in [6.07, 6.45) is 1.66. The van der Waals surface area contributed by atoms with Gasteiger partial charge in [0.05, 0.1) is 0 Å². The van der Waals surface area contributed by atoms with Crippen molar-refractivity contribution in [3.8, 4) is 5.75 Å². The number of nitrogens with zero attached hydrogens (tertiary/aromatic N) is 1. The number of ether oxygens (including phenoxy) is 1. The number of rotatable bonds is 7. The minimum Gasteiger partial charge on any atom is -0.492 e. The van der Waals surface area contributed by atoms with Gasteiger partial charge in [0.15, 0.2) is 0 Å². The Morgan fingerprint density at radius 2 is 1.90 bits per heavy atom. The van der Waals surface area contributed by atoms with Gasteiger partial charge in [-0.1, -0.05) is 18.2 Å². The highest BCUT2D eigenvalue weighted by molar-refractivity contribution is 7.87. The van der Waals surface area contributed by atoms with Crippen molar-refractivity contribution in [3.05, 3.63) is 30.3 Å². The Morgan fingerprint density at radius 1 is 1.24 bits per heavy atom. The molecule has 0 amide bonds. The molecule has 0 radical (unpaired) electrons. The van der Waals surface area contributed by atoms with Crippen LogP contribution in [0, 0.1) is 5.92 Å². The zero-order valence-electron chi connectivity index (χ0n) is 12.1. The minimum atomic E-state index is -3.41. The van der Waals surface area contributed by atoms with Gasteiger partial charge in [0, 0.05) is 19.6 Å². The highest BCUT2D eigenvalue weighted by Crippen LogP contribution is 2.17. The SMILES string of the molecule is NCC1CCN(S(=O)(=O)NCCOc2ccccc2)CC1. The van der Waals surface area contributed by atoms with Crippen LogP contribution in [0.1, 0.15) is 12.8 Å². The van der Waals surface area contributed by atoms with Gasteiger partial charge in [0.1, 0.15) is 12.4 Å². The Balaban J connectivity index is 1.72. The summed E-state index contributed by atoms with van der Waals surface area (Å²) in [6.45, 7) is 2.27. The van der Waals surface area contributed by atoms with Crippen LogP contribution in [0.4, 0.5) is 0 Å². The molecule has 1 fully saturated rings. The third-order valence-electron chi connectivity index (χ3n) is 3.65. The number of nitrogens with two attached hydrogens (primary N) is 1. The molecule has 1 aliphatic heterocycles. The van der Waals surface area contributed by atoms with Gasteiger partial charge in [-0.25, -0.2) is 0 Å². The standard InChI is InChI=1S/C14H23N3O3S/c15-12-13-6-9-17(10-7-13)21(18,19)16-8-11-20-14-4-2-1-3-5-14/h1-5,13,16H,6-12,15H2. The molecule has 0 unspecified atom stereocenters. The zero-order valence-corrected chi connectivity index (χ0v) is 12.9. The summed E-state index contributed by atoms with van der Waals surface area (Å²) in [4.78, 5) is 0. The Morgan fingerprint density at radius 3 is 2.52 bits per heavy atom. The van der Waals surface area contributed by atoms with Gasteiger partial charge in [-0.05, 0) is 37.4 Å². The number of hydrogen-bond donors (Lipinski definition) is 2. The Hall–Kier alpha value is -1.15. The van der Waals surface area contributed by atoms with Crippen LogP contribution >= 0.6 is 0 Å². The predicted octanol–water partition coefficient (Wildman–Crippen LogP) is 0.571. The second-order valence-electron chi connectivity index (χ2n) is 5.14. The summed E-state index contributed by atoms with van der Waals surface area (Å²) < 4.78 is 33.8. The van der Waals surface area contributed by atoms with Gasteiger partial charge in [-0.2, -0.15) is 17.4 Å².